The third kappa shape index (κ3) is 3.71. The van der Waals surface area contributed by atoms with Crippen molar-refractivity contribution < 1.29 is 4.39 Å². The lowest BCUT2D eigenvalue weighted by Gasteiger charge is -2.37. The quantitative estimate of drug-likeness (QED) is 0.778. The Morgan fingerprint density at radius 3 is 2.26 bits per heavy atom. The number of hydrogen-bond donors (Lipinski definition) is 1. The molecular formula is C17H26FN. The van der Waals surface area contributed by atoms with Gasteiger partial charge in [0.05, 0.1) is 0 Å². The van der Waals surface area contributed by atoms with E-state index in [0.717, 1.165) is 11.6 Å². The Morgan fingerprint density at radius 2 is 1.74 bits per heavy atom. The first-order chi connectivity index (χ1) is 8.86. The molecule has 1 N–H and O–H groups in total. The van der Waals surface area contributed by atoms with E-state index in [9.17, 15) is 4.39 Å². The van der Waals surface area contributed by atoms with Crippen LogP contribution in [0.15, 0.2) is 18.2 Å². The molecule has 0 unspecified atom stereocenters. The number of anilines is 1. The summed E-state index contributed by atoms with van der Waals surface area (Å²) in [6, 6.07) is 5.94. The second-order valence-corrected chi connectivity index (χ2v) is 7.02. The number of benzene rings is 1. The van der Waals surface area contributed by atoms with Crippen molar-refractivity contribution in [1.29, 1.82) is 0 Å². The minimum Gasteiger partial charge on any atom is -0.382 e. The fourth-order valence-corrected chi connectivity index (χ4v) is 3.02. The van der Waals surface area contributed by atoms with Crippen LogP contribution in [0.25, 0.3) is 0 Å². The Kier molecular flexibility index (Phi) is 4.17. The molecule has 0 atom stereocenters. The molecule has 0 heterocycles. The molecule has 1 nitrogen and oxygen atoms in total. The van der Waals surface area contributed by atoms with Crippen LogP contribution in [0.4, 0.5) is 10.1 Å². The van der Waals surface area contributed by atoms with Crippen LogP contribution in [0.1, 0.15) is 52.0 Å². The normalized spacial score (nSPS) is 24.3. The van der Waals surface area contributed by atoms with Gasteiger partial charge in [-0.05, 0) is 61.6 Å². The molecular weight excluding hydrogens is 237 g/mol. The summed E-state index contributed by atoms with van der Waals surface area (Å²) in [6.45, 7) is 8.80. The zero-order valence-corrected chi connectivity index (χ0v) is 12.6. The Bertz CT molecular complexity index is 425. The minimum absolute atomic E-state index is 0.117. The van der Waals surface area contributed by atoms with E-state index in [1.54, 1.807) is 13.0 Å². The van der Waals surface area contributed by atoms with Gasteiger partial charge in [0.15, 0.2) is 0 Å². The third-order valence-electron chi connectivity index (χ3n) is 4.49. The topological polar surface area (TPSA) is 12.0 Å². The molecule has 0 amide bonds. The van der Waals surface area contributed by atoms with Gasteiger partial charge >= 0.3 is 0 Å². The molecule has 0 aromatic heterocycles. The lowest BCUT2D eigenvalue weighted by molar-refractivity contribution is 0.173. The van der Waals surface area contributed by atoms with Gasteiger partial charge in [0.1, 0.15) is 5.82 Å². The summed E-state index contributed by atoms with van der Waals surface area (Å²) in [5.74, 6) is 0.702. The molecule has 1 aliphatic carbocycles. The zero-order valence-electron chi connectivity index (χ0n) is 12.6. The van der Waals surface area contributed by atoms with Gasteiger partial charge in [-0.3, -0.25) is 0 Å². The number of hydrogen-bond acceptors (Lipinski definition) is 1. The molecule has 19 heavy (non-hydrogen) atoms. The van der Waals surface area contributed by atoms with Gasteiger partial charge in [-0.25, -0.2) is 4.39 Å². The minimum atomic E-state index is -0.117. The molecule has 1 saturated carbocycles. The number of halogens is 1. The standard InChI is InChI=1S/C17H26FN/c1-12-5-8-15(11-16(12)18)19-14-9-6-13(7-10-14)17(2,3)4/h5,8,11,13-14,19H,6-7,9-10H2,1-4H3. The van der Waals surface area contributed by atoms with E-state index in [2.05, 4.69) is 26.1 Å². The first-order valence-corrected chi connectivity index (χ1v) is 7.39. The van der Waals surface area contributed by atoms with Crippen LogP contribution in [-0.2, 0) is 0 Å². The maximum Gasteiger partial charge on any atom is 0.128 e. The molecule has 0 spiro atoms. The number of aryl methyl sites for hydroxylation is 1. The average molecular weight is 263 g/mol. The van der Waals surface area contributed by atoms with Crippen molar-refractivity contribution in [2.24, 2.45) is 11.3 Å². The smallest absolute Gasteiger partial charge is 0.128 e. The van der Waals surface area contributed by atoms with Crippen LogP contribution in [0.5, 0.6) is 0 Å². The van der Waals surface area contributed by atoms with Gasteiger partial charge in [-0.2, -0.15) is 0 Å². The van der Waals surface area contributed by atoms with Crippen molar-refractivity contribution in [3.05, 3.63) is 29.6 Å². The van der Waals surface area contributed by atoms with E-state index < -0.39 is 0 Å². The summed E-state index contributed by atoms with van der Waals surface area (Å²) in [6.07, 6.45) is 4.93. The molecule has 1 aromatic rings. The van der Waals surface area contributed by atoms with E-state index in [4.69, 9.17) is 0 Å². The van der Waals surface area contributed by atoms with E-state index in [0.29, 0.717) is 17.0 Å². The van der Waals surface area contributed by atoms with E-state index in [1.807, 2.05) is 12.1 Å². The van der Waals surface area contributed by atoms with E-state index in [-0.39, 0.29) is 5.82 Å². The second kappa shape index (κ2) is 5.52. The highest BCUT2D eigenvalue weighted by Crippen LogP contribution is 2.38. The summed E-state index contributed by atoms with van der Waals surface area (Å²) in [5, 5.41) is 3.48. The number of rotatable bonds is 2. The highest BCUT2D eigenvalue weighted by Gasteiger charge is 2.29. The Morgan fingerprint density at radius 1 is 1.11 bits per heavy atom. The average Bonchev–Trinajstić information content (AvgIpc) is 2.33. The molecule has 1 aromatic carbocycles. The van der Waals surface area contributed by atoms with Crippen LogP contribution >= 0.6 is 0 Å². The first kappa shape index (κ1) is 14.4. The SMILES string of the molecule is Cc1ccc(NC2CCC(C(C)(C)C)CC2)cc1F. The van der Waals surface area contributed by atoms with Gasteiger partial charge in [-0.15, -0.1) is 0 Å². The highest BCUT2D eigenvalue weighted by atomic mass is 19.1. The van der Waals surface area contributed by atoms with Crippen molar-refractivity contribution in [3.8, 4) is 0 Å². The van der Waals surface area contributed by atoms with Crippen LogP contribution < -0.4 is 5.32 Å². The fraction of sp³-hybridized carbons (Fsp3) is 0.647. The van der Waals surface area contributed by atoms with E-state index in [1.165, 1.54) is 25.7 Å². The predicted molar refractivity (Wildman–Crippen MR) is 80.0 cm³/mol. The Balaban J connectivity index is 1.90. The Labute approximate surface area is 116 Å². The largest absolute Gasteiger partial charge is 0.382 e. The summed E-state index contributed by atoms with van der Waals surface area (Å²) in [5.41, 5.74) is 2.05. The van der Waals surface area contributed by atoms with Gasteiger partial charge in [0, 0.05) is 11.7 Å². The van der Waals surface area contributed by atoms with Crippen LogP contribution in [0.3, 0.4) is 0 Å². The summed E-state index contributed by atoms with van der Waals surface area (Å²) in [7, 11) is 0. The van der Waals surface area contributed by atoms with Gasteiger partial charge < -0.3 is 5.32 Å². The van der Waals surface area contributed by atoms with Crippen molar-refractivity contribution in [3.63, 3.8) is 0 Å². The second-order valence-electron chi connectivity index (χ2n) is 7.02. The fourth-order valence-electron chi connectivity index (χ4n) is 3.02. The van der Waals surface area contributed by atoms with Crippen LogP contribution in [0, 0.1) is 24.1 Å². The van der Waals surface area contributed by atoms with E-state index >= 15 is 0 Å². The van der Waals surface area contributed by atoms with Crippen molar-refractivity contribution >= 4 is 5.69 Å². The molecule has 0 saturated heterocycles. The molecule has 2 rings (SSSR count). The third-order valence-corrected chi connectivity index (χ3v) is 4.49. The highest BCUT2D eigenvalue weighted by molar-refractivity contribution is 5.46. The summed E-state index contributed by atoms with van der Waals surface area (Å²) in [4.78, 5) is 0. The monoisotopic (exact) mass is 263 g/mol. The maximum absolute atomic E-state index is 13.5. The van der Waals surface area contributed by atoms with Crippen molar-refractivity contribution in [2.45, 2.75) is 59.4 Å². The molecule has 1 fully saturated rings. The lowest BCUT2D eigenvalue weighted by Crippen LogP contribution is -2.31. The Hall–Kier alpha value is -1.05. The first-order valence-electron chi connectivity index (χ1n) is 7.39. The van der Waals surface area contributed by atoms with Crippen molar-refractivity contribution in [1.82, 2.24) is 0 Å². The summed E-state index contributed by atoms with van der Waals surface area (Å²) >= 11 is 0. The maximum atomic E-state index is 13.5. The van der Waals surface area contributed by atoms with Crippen LogP contribution in [0.2, 0.25) is 0 Å². The van der Waals surface area contributed by atoms with Crippen molar-refractivity contribution in [2.75, 3.05) is 5.32 Å². The molecule has 0 aliphatic heterocycles. The molecule has 1 aliphatic rings. The molecule has 0 bridgehead atoms. The van der Waals surface area contributed by atoms with Gasteiger partial charge in [-0.1, -0.05) is 26.8 Å². The zero-order chi connectivity index (χ0) is 14.0. The van der Waals surface area contributed by atoms with Crippen LogP contribution in [-0.4, -0.2) is 6.04 Å². The predicted octanol–water partition coefficient (Wildman–Crippen LogP) is 5.15. The number of nitrogens with one attached hydrogen (secondary N) is 1. The molecule has 2 heteroatoms. The summed E-state index contributed by atoms with van der Waals surface area (Å²) < 4.78 is 13.5. The van der Waals surface area contributed by atoms with Gasteiger partial charge in [0.2, 0.25) is 0 Å². The molecule has 106 valence electrons. The molecule has 0 radical (unpaired) electrons. The van der Waals surface area contributed by atoms with Gasteiger partial charge in [0.25, 0.3) is 0 Å². The lowest BCUT2D eigenvalue weighted by atomic mass is 9.71.